The van der Waals surface area contributed by atoms with Gasteiger partial charge in [-0.2, -0.15) is 0 Å². The lowest BCUT2D eigenvalue weighted by atomic mass is 10.2. The second kappa shape index (κ2) is 7.02. The zero-order valence-corrected chi connectivity index (χ0v) is 14.9. The lowest BCUT2D eigenvalue weighted by Gasteiger charge is -2.14. The fraction of sp³-hybridized carbons (Fsp3) is 0.235. The van der Waals surface area contributed by atoms with Gasteiger partial charge in [0.25, 0.3) is 15.9 Å². The molecule has 0 aliphatic rings. The highest BCUT2D eigenvalue weighted by atomic mass is 32.2. The number of rotatable bonds is 5. The van der Waals surface area contributed by atoms with Gasteiger partial charge in [0.2, 0.25) is 0 Å². The molecule has 2 N–H and O–H groups in total. The molecule has 0 saturated carbocycles. The first kappa shape index (κ1) is 18.0. The highest BCUT2D eigenvalue weighted by Crippen LogP contribution is 2.21. The number of amides is 1. The number of carbonyl (C=O) groups excluding carboxylic acids is 1. The van der Waals surface area contributed by atoms with Crippen molar-refractivity contribution in [3.05, 3.63) is 59.2 Å². The van der Waals surface area contributed by atoms with Crippen LogP contribution in [0.5, 0.6) is 0 Å². The van der Waals surface area contributed by atoms with Crippen molar-refractivity contribution in [3.63, 3.8) is 0 Å². The minimum atomic E-state index is -3.72. The number of carbonyl (C=O) groups is 1. The summed E-state index contributed by atoms with van der Waals surface area (Å²) in [7, 11) is -0.325. The first-order valence-electron chi connectivity index (χ1n) is 7.37. The zero-order chi connectivity index (χ0) is 17.9. The zero-order valence-electron chi connectivity index (χ0n) is 14.1. The van der Waals surface area contributed by atoms with Crippen molar-refractivity contribution < 1.29 is 13.2 Å². The number of hydrogen-bond acceptors (Lipinski definition) is 4. The number of anilines is 1. The van der Waals surface area contributed by atoms with Crippen molar-refractivity contribution >= 4 is 21.6 Å². The average Bonchev–Trinajstić information content (AvgIpc) is 2.48. The second-order valence-corrected chi connectivity index (χ2v) is 7.44. The summed E-state index contributed by atoms with van der Waals surface area (Å²) in [5.74, 6) is -0.312. The fourth-order valence-electron chi connectivity index (χ4n) is 2.20. The largest absolute Gasteiger partial charge is 0.285 e. The third-order valence-electron chi connectivity index (χ3n) is 3.34. The molecule has 0 fully saturated rings. The Morgan fingerprint density at radius 3 is 2.42 bits per heavy atom. The topological polar surface area (TPSA) is 78.5 Å². The van der Waals surface area contributed by atoms with E-state index in [0.717, 1.165) is 5.56 Å². The van der Waals surface area contributed by atoms with Crippen molar-refractivity contribution in [2.24, 2.45) is 0 Å². The van der Waals surface area contributed by atoms with Crippen molar-refractivity contribution in [1.82, 2.24) is 10.4 Å². The van der Waals surface area contributed by atoms with Crippen LogP contribution in [-0.2, 0) is 10.0 Å². The van der Waals surface area contributed by atoms with E-state index in [1.54, 1.807) is 51.4 Å². The van der Waals surface area contributed by atoms with E-state index in [0.29, 0.717) is 16.8 Å². The molecule has 0 spiro atoms. The van der Waals surface area contributed by atoms with E-state index in [9.17, 15) is 13.2 Å². The number of nitrogens with one attached hydrogen (secondary N) is 2. The molecule has 0 aromatic heterocycles. The molecule has 0 aliphatic heterocycles. The van der Waals surface area contributed by atoms with Crippen LogP contribution >= 0.6 is 0 Å². The maximum Gasteiger partial charge on any atom is 0.265 e. The quantitative estimate of drug-likeness (QED) is 0.814. The Morgan fingerprint density at radius 2 is 1.75 bits per heavy atom. The van der Waals surface area contributed by atoms with Crippen LogP contribution in [0.25, 0.3) is 0 Å². The number of hydrazine groups is 1. The lowest BCUT2D eigenvalue weighted by molar-refractivity contribution is 0.0857. The molecule has 24 heavy (non-hydrogen) atoms. The first-order valence-corrected chi connectivity index (χ1v) is 8.86. The Bertz CT molecular complexity index is 861. The number of sulfonamides is 1. The normalized spacial score (nSPS) is 11.4. The van der Waals surface area contributed by atoms with Gasteiger partial charge in [0, 0.05) is 25.3 Å². The molecule has 0 heterocycles. The molecule has 2 aromatic rings. The average molecular weight is 347 g/mol. The molecule has 2 rings (SSSR count). The number of aryl methyl sites for hydroxylation is 2. The maximum atomic E-state index is 12.6. The van der Waals surface area contributed by atoms with Crippen molar-refractivity contribution in [2.45, 2.75) is 18.7 Å². The molecule has 6 nitrogen and oxygen atoms in total. The molecular weight excluding hydrogens is 326 g/mol. The summed E-state index contributed by atoms with van der Waals surface area (Å²) in [4.78, 5) is 12.2. The van der Waals surface area contributed by atoms with Crippen molar-refractivity contribution in [1.29, 1.82) is 0 Å². The van der Waals surface area contributed by atoms with Gasteiger partial charge in [0.05, 0.1) is 4.90 Å². The molecule has 2 aromatic carbocycles. The Kier molecular flexibility index (Phi) is 5.26. The predicted octanol–water partition coefficient (Wildman–Crippen LogP) is 2.31. The summed E-state index contributed by atoms with van der Waals surface area (Å²) in [6.45, 7) is 3.58. The summed E-state index contributed by atoms with van der Waals surface area (Å²) in [6.07, 6.45) is 0. The molecule has 0 unspecified atom stereocenters. The van der Waals surface area contributed by atoms with Crippen LogP contribution < -0.4 is 10.1 Å². The molecule has 0 saturated heterocycles. The van der Waals surface area contributed by atoms with Crippen LogP contribution in [-0.4, -0.2) is 33.4 Å². The highest BCUT2D eigenvalue weighted by Gasteiger charge is 2.18. The van der Waals surface area contributed by atoms with Gasteiger partial charge in [-0.1, -0.05) is 18.2 Å². The Labute approximate surface area is 142 Å². The minimum Gasteiger partial charge on any atom is -0.285 e. The third-order valence-corrected chi connectivity index (χ3v) is 4.86. The van der Waals surface area contributed by atoms with Gasteiger partial charge >= 0.3 is 0 Å². The molecule has 0 atom stereocenters. The standard InChI is InChI=1S/C17H21N3O3S/c1-12-8-9-13(2)16(10-12)24(22,23)19-15-7-5-6-14(11-15)17(21)18-20(3)4/h5-11,19H,1-4H3,(H,18,21). The van der Waals surface area contributed by atoms with Gasteiger partial charge in [0.15, 0.2) is 0 Å². The van der Waals surface area contributed by atoms with E-state index >= 15 is 0 Å². The Hall–Kier alpha value is -2.38. The maximum absolute atomic E-state index is 12.6. The monoisotopic (exact) mass is 347 g/mol. The Morgan fingerprint density at radius 1 is 1.04 bits per heavy atom. The van der Waals surface area contributed by atoms with Gasteiger partial charge in [-0.15, -0.1) is 0 Å². The smallest absolute Gasteiger partial charge is 0.265 e. The van der Waals surface area contributed by atoms with E-state index in [-0.39, 0.29) is 10.8 Å². The SMILES string of the molecule is Cc1ccc(C)c(S(=O)(=O)Nc2cccc(C(=O)NN(C)C)c2)c1. The number of nitrogens with zero attached hydrogens (tertiary/aromatic N) is 1. The molecule has 0 aliphatic carbocycles. The van der Waals surface area contributed by atoms with Crippen LogP contribution in [0.1, 0.15) is 21.5 Å². The van der Waals surface area contributed by atoms with Crippen LogP contribution in [0.15, 0.2) is 47.4 Å². The Balaban J connectivity index is 2.30. The van der Waals surface area contributed by atoms with E-state index in [2.05, 4.69) is 10.1 Å². The van der Waals surface area contributed by atoms with Gasteiger partial charge in [-0.05, 0) is 49.2 Å². The second-order valence-electron chi connectivity index (χ2n) is 5.79. The lowest BCUT2D eigenvalue weighted by Crippen LogP contribution is -2.36. The van der Waals surface area contributed by atoms with E-state index in [1.807, 2.05) is 13.0 Å². The predicted molar refractivity (Wildman–Crippen MR) is 94.3 cm³/mol. The number of hydrogen-bond donors (Lipinski definition) is 2. The molecule has 128 valence electrons. The molecule has 1 amide bonds. The van der Waals surface area contributed by atoms with Crippen molar-refractivity contribution in [2.75, 3.05) is 18.8 Å². The van der Waals surface area contributed by atoms with Crippen molar-refractivity contribution in [3.8, 4) is 0 Å². The molecule has 0 radical (unpaired) electrons. The third kappa shape index (κ3) is 4.33. The molecular formula is C17H21N3O3S. The van der Waals surface area contributed by atoms with E-state index in [1.165, 1.54) is 11.1 Å². The van der Waals surface area contributed by atoms with Gasteiger partial charge < -0.3 is 0 Å². The van der Waals surface area contributed by atoms with E-state index in [4.69, 9.17) is 0 Å². The highest BCUT2D eigenvalue weighted by molar-refractivity contribution is 7.92. The van der Waals surface area contributed by atoms with Crippen LogP contribution in [0.2, 0.25) is 0 Å². The first-order chi connectivity index (χ1) is 11.2. The molecule has 0 bridgehead atoms. The van der Waals surface area contributed by atoms with Gasteiger partial charge in [0.1, 0.15) is 0 Å². The van der Waals surface area contributed by atoms with E-state index < -0.39 is 10.0 Å². The summed E-state index contributed by atoms with van der Waals surface area (Å²) in [5.41, 5.74) is 4.84. The van der Waals surface area contributed by atoms with Gasteiger partial charge in [-0.25, -0.2) is 13.4 Å². The fourth-order valence-corrected chi connectivity index (χ4v) is 3.58. The summed E-state index contributed by atoms with van der Waals surface area (Å²) >= 11 is 0. The summed E-state index contributed by atoms with van der Waals surface area (Å²) in [6, 6.07) is 11.6. The summed E-state index contributed by atoms with van der Waals surface area (Å²) < 4.78 is 27.8. The van der Waals surface area contributed by atoms with Crippen LogP contribution in [0, 0.1) is 13.8 Å². The minimum absolute atomic E-state index is 0.227. The van der Waals surface area contributed by atoms with Crippen LogP contribution in [0.3, 0.4) is 0 Å². The van der Waals surface area contributed by atoms with Gasteiger partial charge in [-0.3, -0.25) is 14.9 Å². The summed E-state index contributed by atoms with van der Waals surface area (Å²) in [5, 5.41) is 1.52. The molecule has 7 heteroatoms. The van der Waals surface area contributed by atoms with Crippen LogP contribution in [0.4, 0.5) is 5.69 Å². The number of benzene rings is 2.